The minimum Gasteiger partial charge on any atom is -0.481 e. The molecule has 7 heteroatoms. The van der Waals surface area contributed by atoms with Crippen molar-refractivity contribution in [1.29, 1.82) is 0 Å². The van der Waals surface area contributed by atoms with Crippen LogP contribution in [-0.2, 0) is 9.59 Å². The van der Waals surface area contributed by atoms with Gasteiger partial charge in [0.05, 0.1) is 12.2 Å². The van der Waals surface area contributed by atoms with Crippen molar-refractivity contribution in [3.05, 3.63) is 0 Å². The summed E-state index contributed by atoms with van der Waals surface area (Å²) in [4.78, 5) is 21.9. The largest absolute Gasteiger partial charge is 0.481 e. The van der Waals surface area contributed by atoms with E-state index >= 15 is 0 Å². The summed E-state index contributed by atoms with van der Waals surface area (Å²) in [6, 6.07) is 0.386. The number of hydrogen-bond acceptors (Lipinski definition) is 5. The molecule has 0 bridgehead atoms. The highest BCUT2D eigenvalue weighted by atomic mass is 32.1. The van der Waals surface area contributed by atoms with E-state index in [1.165, 1.54) is 0 Å². The third kappa shape index (κ3) is 5.68. The molecular weight excluding hydrogens is 278 g/mol. The van der Waals surface area contributed by atoms with E-state index in [2.05, 4.69) is 23.3 Å². The number of amides is 1. The monoisotopic (exact) mass is 303 g/mol. The Labute approximate surface area is 125 Å². The quantitative estimate of drug-likeness (QED) is 0.320. The van der Waals surface area contributed by atoms with Crippen molar-refractivity contribution in [2.75, 3.05) is 25.4 Å². The normalized spacial score (nSPS) is 26.2. The molecule has 20 heavy (non-hydrogen) atoms. The summed E-state index contributed by atoms with van der Waals surface area (Å²) in [5.74, 6) is -0.629. The van der Waals surface area contributed by atoms with Gasteiger partial charge in [0, 0.05) is 19.1 Å². The van der Waals surface area contributed by atoms with E-state index in [1.807, 2.05) is 0 Å². The Kier molecular flexibility index (Phi) is 7.32. The second kappa shape index (κ2) is 8.49. The summed E-state index contributed by atoms with van der Waals surface area (Å²) in [5.41, 5.74) is 5.53. The third-order valence-corrected chi connectivity index (χ3v) is 4.32. The van der Waals surface area contributed by atoms with Gasteiger partial charge in [-0.25, -0.2) is 0 Å². The molecule has 0 saturated heterocycles. The van der Waals surface area contributed by atoms with Gasteiger partial charge in [-0.1, -0.05) is 0 Å². The molecule has 1 aliphatic carbocycles. The second-order valence-corrected chi connectivity index (χ2v) is 5.83. The number of carboxylic acids is 1. The lowest BCUT2D eigenvalue weighted by Crippen LogP contribution is -2.44. The van der Waals surface area contributed by atoms with Crippen LogP contribution in [0.25, 0.3) is 0 Å². The summed E-state index contributed by atoms with van der Waals surface area (Å²) >= 11 is 3.88. The summed E-state index contributed by atoms with van der Waals surface area (Å²) < 4.78 is 0. The lowest BCUT2D eigenvalue weighted by atomic mass is 9.70. The molecule has 0 heterocycles. The van der Waals surface area contributed by atoms with Crippen LogP contribution in [0.15, 0.2) is 0 Å². The Bertz CT molecular complexity index is 331. The van der Waals surface area contributed by atoms with Crippen LogP contribution in [0.3, 0.4) is 0 Å². The van der Waals surface area contributed by atoms with Gasteiger partial charge in [-0.05, 0) is 37.6 Å². The fraction of sp³-hybridized carbons (Fsp3) is 0.846. The summed E-state index contributed by atoms with van der Waals surface area (Å²) in [5, 5.41) is 15.1. The molecule has 0 unspecified atom stereocenters. The van der Waals surface area contributed by atoms with Crippen molar-refractivity contribution in [2.45, 2.75) is 38.1 Å². The highest BCUT2D eigenvalue weighted by molar-refractivity contribution is 7.81. The van der Waals surface area contributed by atoms with Crippen LogP contribution >= 0.6 is 12.6 Å². The highest BCUT2D eigenvalue weighted by Crippen LogP contribution is 2.38. The van der Waals surface area contributed by atoms with Crippen molar-refractivity contribution in [1.82, 2.24) is 10.6 Å². The molecule has 116 valence electrons. The number of carbonyl (C=O) groups is 2. The van der Waals surface area contributed by atoms with Gasteiger partial charge in [-0.15, -0.1) is 0 Å². The average molecular weight is 303 g/mol. The van der Waals surface area contributed by atoms with E-state index in [4.69, 9.17) is 10.8 Å². The Hall–Kier alpha value is -0.790. The van der Waals surface area contributed by atoms with Crippen molar-refractivity contribution >= 4 is 24.5 Å². The Morgan fingerprint density at radius 1 is 1.30 bits per heavy atom. The highest BCUT2D eigenvalue weighted by Gasteiger charge is 2.35. The fourth-order valence-electron chi connectivity index (χ4n) is 2.74. The Morgan fingerprint density at radius 3 is 2.45 bits per heavy atom. The van der Waals surface area contributed by atoms with Crippen LogP contribution in [0, 0.1) is 5.41 Å². The first-order chi connectivity index (χ1) is 9.51. The smallest absolute Gasteiger partial charge is 0.303 e. The van der Waals surface area contributed by atoms with Crippen LogP contribution < -0.4 is 16.4 Å². The lowest BCUT2D eigenvalue weighted by molar-refractivity contribution is -0.140. The van der Waals surface area contributed by atoms with Gasteiger partial charge in [0.2, 0.25) is 5.91 Å². The van der Waals surface area contributed by atoms with E-state index in [-0.39, 0.29) is 23.5 Å². The number of aliphatic carboxylic acids is 1. The van der Waals surface area contributed by atoms with Gasteiger partial charge < -0.3 is 21.5 Å². The van der Waals surface area contributed by atoms with Gasteiger partial charge in [0.25, 0.3) is 0 Å². The predicted molar refractivity (Wildman–Crippen MR) is 80.9 cm³/mol. The van der Waals surface area contributed by atoms with Gasteiger partial charge in [-0.2, -0.15) is 12.6 Å². The predicted octanol–water partition coefficient (Wildman–Crippen LogP) is -0.0156. The molecule has 1 amide bonds. The molecule has 0 aliphatic heterocycles. The van der Waals surface area contributed by atoms with E-state index < -0.39 is 5.97 Å². The number of thiol groups is 1. The third-order valence-electron chi connectivity index (χ3n) is 4.03. The Morgan fingerprint density at radius 2 is 1.95 bits per heavy atom. The van der Waals surface area contributed by atoms with Crippen LogP contribution in [0.5, 0.6) is 0 Å². The van der Waals surface area contributed by atoms with Crippen LogP contribution in [0.1, 0.15) is 32.1 Å². The van der Waals surface area contributed by atoms with Gasteiger partial charge in [-0.3, -0.25) is 9.59 Å². The Balaban J connectivity index is 2.24. The van der Waals surface area contributed by atoms with E-state index in [0.717, 1.165) is 32.2 Å². The molecule has 0 atom stereocenters. The first kappa shape index (κ1) is 17.3. The SMILES string of the molecule is NCC1(CC(=O)O)CCC(NCCNC(=O)CS)CC1. The molecule has 5 N–H and O–H groups in total. The molecule has 6 nitrogen and oxygen atoms in total. The molecule has 1 rings (SSSR count). The molecule has 0 aromatic carbocycles. The first-order valence-corrected chi connectivity index (χ1v) is 7.67. The van der Waals surface area contributed by atoms with Crippen molar-refractivity contribution in [3.8, 4) is 0 Å². The summed E-state index contributed by atoms with van der Waals surface area (Å²) in [6.45, 7) is 1.75. The zero-order valence-corrected chi connectivity index (χ0v) is 12.6. The maximum Gasteiger partial charge on any atom is 0.303 e. The number of nitrogens with one attached hydrogen (secondary N) is 2. The van der Waals surface area contributed by atoms with E-state index in [1.54, 1.807) is 0 Å². The molecule has 0 aromatic heterocycles. The molecular formula is C13H25N3O3S. The molecule has 0 spiro atoms. The zero-order valence-electron chi connectivity index (χ0n) is 11.7. The maximum absolute atomic E-state index is 11.0. The van der Waals surface area contributed by atoms with E-state index in [9.17, 15) is 9.59 Å². The average Bonchev–Trinajstić information content (AvgIpc) is 2.44. The fourth-order valence-corrected chi connectivity index (χ4v) is 2.85. The minimum absolute atomic E-state index is 0.0672. The summed E-state index contributed by atoms with van der Waals surface area (Å²) in [7, 11) is 0. The second-order valence-electron chi connectivity index (χ2n) is 5.51. The van der Waals surface area contributed by atoms with Crippen molar-refractivity contribution in [2.24, 2.45) is 11.1 Å². The minimum atomic E-state index is -0.767. The topological polar surface area (TPSA) is 104 Å². The zero-order chi connectivity index (χ0) is 15.0. The van der Waals surface area contributed by atoms with Gasteiger partial charge in [0.1, 0.15) is 0 Å². The lowest BCUT2D eigenvalue weighted by Gasteiger charge is -2.38. The van der Waals surface area contributed by atoms with Crippen molar-refractivity contribution < 1.29 is 14.7 Å². The molecule has 0 radical (unpaired) electrons. The van der Waals surface area contributed by atoms with Crippen LogP contribution in [0.2, 0.25) is 0 Å². The number of rotatable bonds is 8. The molecule has 0 aromatic rings. The first-order valence-electron chi connectivity index (χ1n) is 7.04. The van der Waals surface area contributed by atoms with E-state index in [0.29, 0.717) is 19.1 Å². The van der Waals surface area contributed by atoms with Crippen molar-refractivity contribution in [3.63, 3.8) is 0 Å². The van der Waals surface area contributed by atoms with Crippen LogP contribution in [0.4, 0.5) is 0 Å². The molecule has 1 fully saturated rings. The van der Waals surface area contributed by atoms with Gasteiger partial charge in [0.15, 0.2) is 0 Å². The molecule has 1 saturated carbocycles. The number of carbonyl (C=O) groups excluding carboxylic acids is 1. The number of nitrogens with two attached hydrogens (primary N) is 1. The van der Waals surface area contributed by atoms with Gasteiger partial charge >= 0.3 is 5.97 Å². The summed E-state index contributed by atoms with van der Waals surface area (Å²) in [6.07, 6.45) is 3.72. The maximum atomic E-state index is 11.0. The molecule has 1 aliphatic rings. The number of hydrogen-bond donors (Lipinski definition) is 5. The van der Waals surface area contributed by atoms with Crippen LogP contribution in [-0.4, -0.2) is 48.4 Å². The standard InChI is InChI=1S/C13H25N3O3S/c14-9-13(7-12(18)19)3-1-10(2-4-13)15-5-6-16-11(17)8-20/h10,15,20H,1-9,14H2,(H,16,17)(H,18,19). The number of carboxylic acid groups (broad SMARTS) is 1.